The van der Waals surface area contributed by atoms with E-state index in [1.165, 1.54) is 0 Å². The molecule has 1 amide bonds. The number of hydrogen-bond donors (Lipinski definition) is 1. The summed E-state index contributed by atoms with van der Waals surface area (Å²) >= 11 is 0. The number of allylic oxidation sites excluding steroid dienone is 1. The van der Waals surface area contributed by atoms with E-state index in [1.807, 2.05) is 54.6 Å². The normalized spacial score (nSPS) is 23.4. The number of hydrogen-bond acceptors (Lipinski definition) is 3. The molecule has 0 spiro atoms. The molecule has 2 aromatic carbocycles. The van der Waals surface area contributed by atoms with Gasteiger partial charge in [-0.25, -0.2) is 0 Å². The number of rotatable bonds is 6. The first-order valence-electron chi connectivity index (χ1n) is 9.82. The Labute approximate surface area is 165 Å². The molecule has 0 radical (unpaired) electrons. The first kappa shape index (κ1) is 18.5. The Kier molecular flexibility index (Phi) is 5.03. The SMILES string of the molecule is C=C1CC2COC(=O)C2(Cc2ccc(NC(=O)CCc3ccccc3)cc2)C1. The smallest absolute Gasteiger partial charge is 0.313 e. The van der Waals surface area contributed by atoms with Crippen LogP contribution in [0.5, 0.6) is 0 Å². The maximum atomic E-state index is 12.4. The van der Waals surface area contributed by atoms with Crippen molar-refractivity contribution in [1.29, 1.82) is 0 Å². The van der Waals surface area contributed by atoms with E-state index >= 15 is 0 Å². The molecule has 28 heavy (non-hydrogen) atoms. The Morgan fingerprint density at radius 1 is 1.11 bits per heavy atom. The van der Waals surface area contributed by atoms with Gasteiger partial charge in [-0.05, 0) is 48.9 Å². The molecule has 2 fully saturated rings. The summed E-state index contributed by atoms with van der Waals surface area (Å²) in [6.45, 7) is 4.60. The number of cyclic esters (lactones) is 1. The summed E-state index contributed by atoms with van der Waals surface area (Å²) in [6, 6.07) is 17.8. The molecule has 1 heterocycles. The number of aryl methyl sites for hydroxylation is 1. The summed E-state index contributed by atoms with van der Waals surface area (Å²) in [5.41, 5.74) is 3.71. The molecule has 2 aliphatic rings. The van der Waals surface area contributed by atoms with E-state index in [0.717, 1.165) is 35.2 Å². The molecule has 0 aromatic heterocycles. The zero-order chi connectivity index (χ0) is 19.6. The van der Waals surface area contributed by atoms with Crippen LogP contribution in [-0.2, 0) is 27.2 Å². The van der Waals surface area contributed by atoms with Gasteiger partial charge in [0.05, 0.1) is 12.0 Å². The average Bonchev–Trinajstić information content (AvgIpc) is 3.17. The van der Waals surface area contributed by atoms with Crippen LogP contribution in [0.4, 0.5) is 5.69 Å². The minimum Gasteiger partial charge on any atom is -0.465 e. The van der Waals surface area contributed by atoms with E-state index in [2.05, 4.69) is 11.9 Å². The van der Waals surface area contributed by atoms with Crippen molar-refractivity contribution in [2.75, 3.05) is 11.9 Å². The first-order valence-corrected chi connectivity index (χ1v) is 9.82. The van der Waals surface area contributed by atoms with Gasteiger partial charge in [0.2, 0.25) is 5.91 Å². The molecule has 2 aromatic rings. The maximum absolute atomic E-state index is 12.4. The van der Waals surface area contributed by atoms with Crippen molar-refractivity contribution in [2.24, 2.45) is 11.3 Å². The van der Waals surface area contributed by atoms with Gasteiger partial charge in [-0.3, -0.25) is 9.59 Å². The lowest BCUT2D eigenvalue weighted by molar-refractivity contribution is -0.146. The minimum absolute atomic E-state index is 0.00160. The van der Waals surface area contributed by atoms with E-state index in [9.17, 15) is 9.59 Å². The fourth-order valence-electron chi connectivity index (χ4n) is 4.46. The summed E-state index contributed by atoms with van der Waals surface area (Å²) in [4.78, 5) is 24.6. The quantitative estimate of drug-likeness (QED) is 0.605. The van der Waals surface area contributed by atoms with Crippen LogP contribution in [0.15, 0.2) is 66.7 Å². The highest BCUT2D eigenvalue weighted by atomic mass is 16.5. The van der Waals surface area contributed by atoms with E-state index in [0.29, 0.717) is 25.9 Å². The number of ether oxygens (including phenoxy) is 1. The lowest BCUT2D eigenvalue weighted by Crippen LogP contribution is -2.31. The molecular weight excluding hydrogens is 350 g/mol. The maximum Gasteiger partial charge on any atom is 0.313 e. The monoisotopic (exact) mass is 375 g/mol. The molecule has 1 N–H and O–H groups in total. The van der Waals surface area contributed by atoms with E-state index in [4.69, 9.17) is 4.74 Å². The molecule has 4 heteroatoms. The highest BCUT2D eigenvalue weighted by Crippen LogP contribution is 2.52. The third kappa shape index (κ3) is 3.72. The van der Waals surface area contributed by atoms with Crippen LogP contribution in [0.25, 0.3) is 0 Å². The molecule has 2 unspecified atom stereocenters. The van der Waals surface area contributed by atoms with Crippen molar-refractivity contribution >= 4 is 17.6 Å². The van der Waals surface area contributed by atoms with Gasteiger partial charge in [0.25, 0.3) is 0 Å². The average molecular weight is 375 g/mol. The van der Waals surface area contributed by atoms with Gasteiger partial charge in [-0.1, -0.05) is 54.6 Å². The summed E-state index contributed by atoms with van der Waals surface area (Å²) in [5, 5.41) is 2.95. The summed E-state index contributed by atoms with van der Waals surface area (Å²) in [7, 11) is 0. The highest BCUT2D eigenvalue weighted by Gasteiger charge is 2.55. The number of fused-ring (bicyclic) bond motifs is 1. The van der Waals surface area contributed by atoms with Crippen LogP contribution in [0, 0.1) is 11.3 Å². The Morgan fingerprint density at radius 2 is 1.86 bits per heavy atom. The van der Waals surface area contributed by atoms with Crippen molar-refractivity contribution in [3.63, 3.8) is 0 Å². The number of benzene rings is 2. The molecule has 1 saturated heterocycles. The molecule has 1 aliphatic heterocycles. The Bertz CT molecular complexity index is 888. The molecule has 1 saturated carbocycles. The number of carbonyl (C=O) groups excluding carboxylic acids is 2. The molecule has 1 aliphatic carbocycles. The molecule has 144 valence electrons. The Morgan fingerprint density at radius 3 is 2.61 bits per heavy atom. The van der Waals surface area contributed by atoms with Crippen molar-refractivity contribution < 1.29 is 14.3 Å². The van der Waals surface area contributed by atoms with Gasteiger partial charge < -0.3 is 10.1 Å². The third-order valence-electron chi connectivity index (χ3n) is 5.94. The number of nitrogens with one attached hydrogen (secondary N) is 1. The van der Waals surface area contributed by atoms with Gasteiger partial charge in [0.15, 0.2) is 0 Å². The van der Waals surface area contributed by atoms with Gasteiger partial charge in [-0.2, -0.15) is 0 Å². The van der Waals surface area contributed by atoms with Crippen LogP contribution in [0.1, 0.15) is 30.4 Å². The predicted molar refractivity (Wildman–Crippen MR) is 109 cm³/mol. The standard InChI is InChI=1S/C24H25NO3/c1-17-13-20-16-28-23(27)24(20,14-17)15-19-7-10-21(11-8-19)25-22(26)12-9-18-5-3-2-4-6-18/h2-8,10-11,20H,1,9,12-16H2,(H,25,26). The van der Waals surface area contributed by atoms with Gasteiger partial charge in [0, 0.05) is 18.0 Å². The van der Waals surface area contributed by atoms with Crippen molar-refractivity contribution in [1.82, 2.24) is 0 Å². The van der Waals surface area contributed by atoms with Crippen molar-refractivity contribution in [3.8, 4) is 0 Å². The van der Waals surface area contributed by atoms with Gasteiger partial charge in [-0.15, -0.1) is 0 Å². The topological polar surface area (TPSA) is 55.4 Å². The van der Waals surface area contributed by atoms with Crippen LogP contribution in [-0.4, -0.2) is 18.5 Å². The van der Waals surface area contributed by atoms with Crippen LogP contribution < -0.4 is 5.32 Å². The van der Waals surface area contributed by atoms with Gasteiger partial charge in [0.1, 0.15) is 0 Å². The second-order valence-electron chi connectivity index (χ2n) is 7.99. The first-order chi connectivity index (χ1) is 13.5. The third-order valence-corrected chi connectivity index (χ3v) is 5.94. The summed E-state index contributed by atoms with van der Waals surface area (Å²) in [5.74, 6) is 0.154. The van der Waals surface area contributed by atoms with E-state index < -0.39 is 5.41 Å². The zero-order valence-corrected chi connectivity index (χ0v) is 15.9. The lowest BCUT2D eigenvalue weighted by Gasteiger charge is -2.24. The fourth-order valence-corrected chi connectivity index (χ4v) is 4.46. The van der Waals surface area contributed by atoms with Crippen molar-refractivity contribution in [3.05, 3.63) is 77.9 Å². The number of amides is 1. The molecule has 4 nitrogen and oxygen atoms in total. The zero-order valence-electron chi connectivity index (χ0n) is 15.9. The molecule has 0 bridgehead atoms. The van der Waals surface area contributed by atoms with Crippen molar-refractivity contribution in [2.45, 2.75) is 32.1 Å². The number of esters is 1. The Hall–Kier alpha value is -2.88. The van der Waals surface area contributed by atoms with E-state index in [-0.39, 0.29) is 17.8 Å². The summed E-state index contributed by atoms with van der Waals surface area (Å²) < 4.78 is 5.35. The Balaban J connectivity index is 1.35. The predicted octanol–water partition coefficient (Wildman–Crippen LogP) is 4.31. The minimum atomic E-state index is -0.447. The van der Waals surface area contributed by atoms with Crippen LogP contribution in [0.3, 0.4) is 0 Å². The second-order valence-corrected chi connectivity index (χ2v) is 7.99. The fraction of sp³-hybridized carbons (Fsp3) is 0.333. The molecular formula is C24H25NO3. The van der Waals surface area contributed by atoms with E-state index in [1.54, 1.807) is 0 Å². The lowest BCUT2D eigenvalue weighted by atomic mass is 9.75. The highest BCUT2D eigenvalue weighted by molar-refractivity contribution is 5.90. The second kappa shape index (κ2) is 7.63. The van der Waals surface area contributed by atoms with Crippen LogP contribution >= 0.6 is 0 Å². The van der Waals surface area contributed by atoms with Crippen LogP contribution in [0.2, 0.25) is 0 Å². The summed E-state index contributed by atoms with van der Waals surface area (Å²) in [6.07, 6.45) is 3.43. The molecule has 4 rings (SSSR count). The largest absolute Gasteiger partial charge is 0.465 e. The number of carbonyl (C=O) groups is 2. The molecule has 2 atom stereocenters. The van der Waals surface area contributed by atoms with Gasteiger partial charge >= 0.3 is 5.97 Å². The number of anilines is 1.